The van der Waals surface area contributed by atoms with E-state index in [1.54, 1.807) is 0 Å². The Morgan fingerprint density at radius 2 is 0.944 bits per heavy atom. The first-order chi connectivity index (χ1) is 8.83. The van der Waals surface area contributed by atoms with Crippen LogP contribution in [0, 0.1) is 11.8 Å². The van der Waals surface area contributed by atoms with Crippen molar-refractivity contribution in [1.29, 1.82) is 0 Å². The van der Waals surface area contributed by atoms with Crippen molar-refractivity contribution in [2.45, 2.75) is 63.6 Å². The summed E-state index contributed by atoms with van der Waals surface area (Å²) in [6, 6.07) is 0. The summed E-state index contributed by atoms with van der Waals surface area (Å²) in [6.07, 6.45) is 9.00. The number of carbonyl (C=O) groups excluding carboxylic acids is 2. The lowest BCUT2D eigenvalue weighted by Gasteiger charge is -2.36. The third-order valence-electron chi connectivity index (χ3n) is 4.60. The van der Waals surface area contributed by atoms with Crippen LogP contribution in [0.1, 0.15) is 51.4 Å². The molecule has 4 heteroatoms. The van der Waals surface area contributed by atoms with E-state index in [-0.39, 0.29) is 12.2 Å². The van der Waals surface area contributed by atoms with Gasteiger partial charge < -0.3 is 9.47 Å². The normalized spacial score (nSPS) is 36.7. The zero-order chi connectivity index (χ0) is 12.8. The number of carbonyl (C=O) groups is 2. The molecule has 0 bridgehead atoms. The van der Waals surface area contributed by atoms with Crippen LogP contribution in [0.4, 0.5) is 0 Å². The Kier molecular flexibility index (Phi) is 5.02. The molecule has 2 saturated carbocycles. The van der Waals surface area contributed by atoms with Crippen LogP contribution < -0.4 is 0 Å². The molecular weight excluding hydrogens is 232 g/mol. The van der Waals surface area contributed by atoms with E-state index >= 15 is 0 Å². The largest absolute Gasteiger partial charge is 0.465 e. The maximum Gasteiger partial charge on any atom is 0.293 e. The molecule has 18 heavy (non-hydrogen) atoms. The molecule has 102 valence electrons. The van der Waals surface area contributed by atoms with E-state index < -0.39 is 0 Å². The van der Waals surface area contributed by atoms with Crippen molar-refractivity contribution in [3.05, 3.63) is 0 Å². The maximum absolute atomic E-state index is 10.3. The monoisotopic (exact) mass is 254 g/mol. The van der Waals surface area contributed by atoms with Crippen molar-refractivity contribution in [3.63, 3.8) is 0 Å². The molecule has 2 rings (SSSR count). The van der Waals surface area contributed by atoms with Gasteiger partial charge in [0.2, 0.25) is 0 Å². The summed E-state index contributed by atoms with van der Waals surface area (Å²) in [5, 5.41) is 0. The first-order valence-electron chi connectivity index (χ1n) is 7.01. The van der Waals surface area contributed by atoms with Crippen LogP contribution >= 0.6 is 0 Å². The van der Waals surface area contributed by atoms with Crippen molar-refractivity contribution in [1.82, 2.24) is 0 Å². The SMILES string of the molecule is O=COC1CCC(C2CCC(OC=O)CC2)CC1. The van der Waals surface area contributed by atoms with Gasteiger partial charge in [0.25, 0.3) is 12.9 Å². The van der Waals surface area contributed by atoms with Crippen LogP contribution in [0.15, 0.2) is 0 Å². The van der Waals surface area contributed by atoms with Crippen LogP contribution in [0.5, 0.6) is 0 Å². The molecule has 0 aromatic heterocycles. The Hall–Kier alpha value is -1.06. The minimum atomic E-state index is 0.147. The Morgan fingerprint density at radius 3 is 1.22 bits per heavy atom. The standard InChI is InChI=1S/C14H22O4/c15-9-17-13-5-1-11(2-6-13)12-3-7-14(8-4-12)18-10-16/h9-14H,1-8H2. The fraction of sp³-hybridized carbons (Fsp3) is 0.857. The molecule has 0 heterocycles. The highest BCUT2D eigenvalue weighted by Gasteiger charge is 2.31. The lowest BCUT2D eigenvalue weighted by atomic mass is 9.72. The summed E-state index contributed by atoms with van der Waals surface area (Å²) in [5.41, 5.74) is 0. The summed E-state index contributed by atoms with van der Waals surface area (Å²) < 4.78 is 10.1. The number of hydrogen-bond donors (Lipinski definition) is 0. The second-order valence-electron chi connectivity index (χ2n) is 5.54. The molecule has 0 aromatic carbocycles. The van der Waals surface area contributed by atoms with Gasteiger partial charge in [0.1, 0.15) is 12.2 Å². The lowest BCUT2D eigenvalue weighted by molar-refractivity contribution is -0.137. The maximum atomic E-state index is 10.3. The zero-order valence-corrected chi connectivity index (χ0v) is 10.8. The van der Waals surface area contributed by atoms with E-state index in [0.29, 0.717) is 12.9 Å². The van der Waals surface area contributed by atoms with Crippen LogP contribution in [0.25, 0.3) is 0 Å². The average molecular weight is 254 g/mol. The molecule has 0 aliphatic heterocycles. The van der Waals surface area contributed by atoms with Gasteiger partial charge in [-0.3, -0.25) is 9.59 Å². The van der Waals surface area contributed by atoms with Crippen LogP contribution in [0.3, 0.4) is 0 Å². The van der Waals surface area contributed by atoms with Gasteiger partial charge in [-0.25, -0.2) is 0 Å². The van der Waals surface area contributed by atoms with Crippen molar-refractivity contribution in [2.24, 2.45) is 11.8 Å². The molecule has 0 amide bonds. The molecule has 2 aliphatic rings. The molecule has 0 spiro atoms. The molecule has 2 fully saturated rings. The van der Waals surface area contributed by atoms with E-state index in [0.717, 1.165) is 37.5 Å². The molecule has 0 saturated heterocycles. The van der Waals surface area contributed by atoms with Crippen LogP contribution in [-0.4, -0.2) is 25.2 Å². The van der Waals surface area contributed by atoms with Crippen molar-refractivity contribution < 1.29 is 19.1 Å². The highest BCUT2D eigenvalue weighted by atomic mass is 16.5. The molecule has 0 unspecified atom stereocenters. The fourth-order valence-electron chi connectivity index (χ4n) is 3.55. The topological polar surface area (TPSA) is 52.6 Å². The number of ether oxygens (including phenoxy) is 2. The van der Waals surface area contributed by atoms with Gasteiger partial charge >= 0.3 is 0 Å². The highest BCUT2D eigenvalue weighted by Crippen LogP contribution is 2.39. The van der Waals surface area contributed by atoms with Gasteiger partial charge in [-0.05, 0) is 63.2 Å². The molecule has 4 nitrogen and oxygen atoms in total. The Morgan fingerprint density at radius 1 is 0.611 bits per heavy atom. The molecule has 2 aliphatic carbocycles. The van der Waals surface area contributed by atoms with E-state index in [9.17, 15) is 9.59 Å². The third kappa shape index (κ3) is 3.47. The number of hydrogen-bond acceptors (Lipinski definition) is 4. The van der Waals surface area contributed by atoms with E-state index in [4.69, 9.17) is 9.47 Å². The molecule has 0 radical (unpaired) electrons. The van der Waals surface area contributed by atoms with Gasteiger partial charge in [0.05, 0.1) is 0 Å². The Balaban J connectivity index is 1.71. The van der Waals surface area contributed by atoms with E-state index in [1.807, 2.05) is 0 Å². The van der Waals surface area contributed by atoms with Gasteiger partial charge in [-0.2, -0.15) is 0 Å². The van der Waals surface area contributed by atoms with Crippen molar-refractivity contribution in [2.75, 3.05) is 0 Å². The minimum absolute atomic E-state index is 0.147. The molecular formula is C14H22O4. The zero-order valence-electron chi connectivity index (χ0n) is 10.8. The van der Waals surface area contributed by atoms with E-state index in [2.05, 4.69) is 0 Å². The van der Waals surface area contributed by atoms with Gasteiger partial charge in [-0.1, -0.05) is 0 Å². The third-order valence-corrected chi connectivity index (χ3v) is 4.60. The average Bonchev–Trinajstić information content (AvgIpc) is 2.41. The highest BCUT2D eigenvalue weighted by molar-refractivity contribution is 5.37. The summed E-state index contributed by atoms with van der Waals surface area (Å²) in [7, 11) is 0. The molecule has 0 atom stereocenters. The Labute approximate surface area is 108 Å². The predicted octanol–water partition coefficient (Wildman–Crippen LogP) is 2.45. The van der Waals surface area contributed by atoms with Gasteiger partial charge in [0, 0.05) is 0 Å². The smallest absolute Gasteiger partial charge is 0.293 e. The molecule has 0 aromatic rings. The van der Waals surface area contributed by atoms with Crippen LogP contribution in [-0.2, 0) is 19.1 Å². The summed E-state index contributed by atoms with van der Waals surface area (Å²) in [5.74, 6) is 1.54. The molecule has 0 N–H and O–H groups in total. The lowest BCUT2D eigenvalue weighted by Crippen LogP contribution is -2.30. The second kappa shape index (κ2) is 6.76. The minimum Gasteiger partial charge on any atom is -0.465 e. The summed E-state index contributed by atoms with van der Waals surface area (Å²) >= 11 is 0. The summed E-state index contributed by atoms with van der Waals surface area (Å²) in [4.78, 5) is 20.6. The van der Waals surface area contributed by atoms with Gasteiger partial charge in [0.15, 0.2) is 0 Å². The van der Waals surface area contributed by atoms with E-state index in [1.165, 1.54) is 25.7 Å². The Bertz CT molecular complexity index is 235. The first-order valence-corrected chi connectivity index (χ1v) is 7.01. The van der Waals surface area contributed by atoms with Crippen molar-refractivity contribution >= 4 is 12.9 Å². The second-order valence-corrected chi connectivity index (χ2v) is 5.54. The predicted molar refractivity (Wildman–Crippen MR) is 65.8 cm³/mol. The van der Waals surface area contributed by atoms with Crippen molar-refractivity contribution in [3.8, 4) is 0 Å². The first kappa shape index (κ1) is 13.4. The van der Waals surface area contributed by atoms with Gasteiger partial charge in [-0.15, -0.1) is 0 Å². The number of rotatable bonds is 5. The van der Waals surface area contributed by atoms with Crippen LogP contribution in [0.2, 0.25) is 0 Å². The summed E-state index contributed by atoms with van der Waals surface area (Å²) in [6.45, 7) is 1.15. The quantitative estimate of drug-likeness (QED) is 0.707. The fourth-order valence-corrected chi connectivity index (χ4v) is 3.55.